The molecule has 0 fully saturated rings. The van der Waals surface area contributed by atoms with Crippen molar-refractivity contribution < 1.29 is 38.2 Å². The molecule has 54 heavy (non-hydrogen) atoms. The largest absolute Gasteiger partial charge is 0.477 e. The van der Waals surface area contributed by atoms with E-state index in [1.807, 2.05) is 51.5 Å². The van der Waals surface area contributed by atoms with E-state index < -0.39 is 18.1 Å². The molecule has 0 amide bonds. The predicted octanol–water partition coefficient (Wildman–Crippen LogP) is 11.0. The van der Waals surface area contributed by atoms with Gasteiger partial charge in [-0.1, -0.05) is 150 Å². The smallest absolute Gasteiger partial charge is 0.362 e. The van der Waals surface area contributed by atoms with Crippen LogP contribution in [0.1, 0.15) is 136 Å². The van der Waals surface area contributed by atoms with Gasteiger partial charge in [0.2, 0.25) is 0 Å². The number of nitrogens with zero attached hydrogens (tertiary/aromatic N) is 1. The molecule has 0 aliphatic carbocycles. The third-order valence-corrected chi connectivity index (χ3v) is 8.70. The van der Waals surface area contributed by atoms with Crippen LogP contribution >= 0.6 is 0 Å². The molecule has 0 aliphatic rings. The van der Waals surface area contributed by atoms with Gasteiger partial charge in [-0.05, 0) is 51.4 Å². The second-order valence-electron chi connectivity index (χ2n) is 14.6. The third kappa shape index (κ3) is 34.3. The first-order valence-corrected chi connectivity index (χ1v) is 20.7. The number of esters is 2. The molecular formula is C46H76NO7+. The first kappa shape index (κ1) is 50.5. The number of likely N-dealkylation sites (N-methyl/N-ethyl adjacent to an activating group) is 1. The summed E-state index contributed by atoms with van der Waals surface area (Å²) in [7, 11) is 5.50. The zero-order valence-electron chi connectivity index (χ0n) is 34.6. The van der Waals surface area contributed by atoms with Gasteiger partial charge in [-0.2, -0.15) is 0 Å². The van der Waals surface area contributed by atoms with Crippen molar-refractivity contribution in [3.63, 3.8) is 0 Å². The van der Waals surface area contributed by atoms with E-state index >= 15 is 0 Å². The molecule has 8 heteroatoms. The number of carbonyl (C=O) groups excluding carboxylic acids is 2. The lowest BCUT2D eigenvalue weighted by atomic mass is 10.1. The molecule has 1 N–H and O–H groups in total. The number of aliphatic carboxylic acids is 1. The Balaban J connectivity index is 4.46. The number of carbonyl (C=O) groups is 3. The zero-order valence-corrected chi connectivity index (χ0v) is 34.6. The molecule has 306 valence electrons. The number of rotatable bonds is 35. The van der Waals surface area contributed by atoms with Crippen LogP contribution in [0.5, 0.6) is 0 Å². The van der Waals surface area contributed by atoms with Gasteiger partial charge in [0.15, 0.2) is 12.1 Å². The molecular weight excluding hydrogens is 679 g/mol. The van der Waals surface area contributed by atoms with Gasteiger partial charge in [-0.15, -0.1) is 0 Å². The molecule has 0 rings (SSSR count). The highest BCUT2D eigenvalue weighted by atomic mass is 16.6. The van der Waals surface area contributed by atoms with Crippen molar-refractivity contribution in [2.24, 2.45) is 0 Å². The number of quaternary nitrogens is 1. The van der Waals surface area contributed by atoms with Crippen molar-refractivity contribution in [3.05, 3.63) is 85.1 Å². The SMILES string of the molecule is CC/C=C/C=C/C=C/C=C/CCCCCCCC(=O)OC(COCCC(C(=O)O)[N+](C)(C)C)COC(=O)CCCCCCCCC/C=C/C=C/C=C/CC. The Kier molecular flexibility index (Phi) is 34.1. The van der Waals surface area contributed by atoms with Crippen molar-refractivity contribution in [2.45, 2.75) is 148 Å². The van der Waals surface area contributed by atoms with Crippen LogP contribution in [0, 0.1) is 0 Å². The summed E-state index contributed by atoms with van der Waals surface area (Å²) in [6, 6.07) is -0.625. The Labute approximate surface area is 329 Å². The number of carboxylic acid groups (broad SMARTS) is 1. The maximum Gasteiger partial charge on any atom is 0.362 e. The molecule has 0 bridgehead atoms. The summed E-state index contributed by atoms with van der Waals surface area (Å²) in [5.74, 6) is -1.53. The molecule has 0 aromatic heterocycles. The van der Waals surface area contributed by atoms with Gasteiger partial charge >= 0.3 is 17.9 Å². The number of hydrogen-bond acceptors (Lipinski definition) is 6. The van der Waals surface area contributed by atoms with E-state index in [0.717, 1.165) is 83.5 Å². The summed E-state index contributed by atoms with van der Waals surface area (Å²) in [6.07, 6.45) is 46.2. The number of allylic oxidation sites excluding steroid dienone is 14. The lowest BCUT2D eigenvalue weighted by Crippen LogP contribution is -2.50. The Morgan fingerprint density at radius 3 is 1.44 bits per heavy atom. The molecule has 0 aliphatic heterocycles. The predicted molar refractivity (Wildman–Crippen MR) is 224 cm³/mol. The topological polar surface area (TPSA) is 99.1 Å². The second-order valence-corrected chi connectivity index (χ2v) is 14.6. The zero-order chi connectivity index (χ0) is 40.0. The number of hydrogen-bond donors (Lipinski definition) is 1. The molecule has 0 radical (unpaired) electrons. The lowest BCUT2D eigenvalue weighted by molar-refractivity contribution is -0.887. The molecule has 0 saturated heterocycles. The minimum absolute atomic E-state index is 0.0419. The number of ether oxygens (including phenoxy) is 3. The van der Waals surface area contributed by atoms with Crippen LogP contribution in [0.4, 0.5) is 0 Å². The van der Waals surface area contributed by atoms with Gasteiger partial charge in [0.1, 0.15) is 6.61 Å². The minimum atomic E-state index is -0.886. The normalized spacial score (nSPS) is 13.9. The van der Waals surface area contributed by atoms with E-state index in [9.17, 15) is 19.5 Å². The van der Waals surface area contributed by atoms with Crippen molar-refractivity contribution in [3.8, 4) is 0 Å². The van der Waals surface area contributed by atoms with Crippen LogP contribution in [0.3, 0.4) is 0 Å². The van der Waals surface area contributed by atoms with E-state index in [1.165, 1.54) is 19.3 Å². The number of carboxylic acids is 1. The fraction of sp³-hybridized carbons (Fsp3) is 0.630. The molecule has 2 unspecified atom stereocenters. The monoisotopic (exact) mass is 755 g/mol. The van der Waals surface area contributed by atoms with Crippen molar-refractivity contribution in [1.82, 2.24) is 0 Å². The second kappa shape index (κ2) is 36.5. The maximum atomic E-state index is 12.7. The molecule has 0 spiro atoms. The van der Waals surface area contributed by atoms with Gasteiger partial charge in [-0.3, -0.25) is 9.59 Å². The van der Waals surface area contributed by atoms with E-state index in [1.54, 1.807) is 0 Å². The van der Waals surface area contributed by atoms with Crippen LogP contribution in [-0.2, 0) is 28.6 Å². The Morgan fingerprint density at radius 1 is 0.556 bits per heavy atom. The molecule has 0 aromatic rings. The Bertz CT molecular complexity index is 1160. The summed E-state index contributed by atoms with van der Waals surface area (Å²) < 4.78 is 17.2. The lowest BCUT2D eigenvalue weighted by Gasteiger charge is -2.31. The van der Waals surface area contributed by atoms with Crippen LogP contribution in [-0.4, -0.2) is 80.6 Å². The first-order chi connectivity index (χ1) is 26.1. The van der Waals surface area contributed by atoms with Gasteiger partial charge < -0.3 is 23.8 Å². The van der Waals surface area contributed by atoms with E-state index in [-0.39, 0.29) is 36.2 Å². The van der Waals surface area contributed by atoms with Crippen molar-refractivity contribution >= 4 is 17.9 Å². The minimum Gasteiger partial charge on any atom is -0.477 e. The average Bonchev–Trinajstić information content (AvgIpc) is 3.12. The third-order valence-electron chi connectivity index (χ3n) is 8.70. The highest BCUT2D eigenvalue weighted by Crippen LogP contribution is 2.13. The van der Waals surface area contributed by atoms with E-state index in [0.29, 0.717) is 19.3 Å². The van der Waals surface area contributed by atoms with Crippen LogP contribution in [0.15, 0.2) is 85.1 Å². The fourth-order valence-electron chi connectivity index (χ4n) is 5.51. The van der Waals surface area contributed by atoms with Crippen molar-refractivity contribution in [2.75, 3.05) is 41.0 Å². The summed E-state index contributed by atoms with van der Waals surface area (Å²) in [5.41, 5.74) is 0. The molecule has 0 saturated carbocycles. The van der Waals surface area contributed by atoms with Crippen molar-refractivity contribution in [1.29, 1.82) is 0 Å². The standard InChI is InChI=1S/C46H75NO7/c1-6-8-10-12-14-16-18-20-22-24-26-28-30-32-34-36-44(48)53-41-42(40-52-39-38-43(46(50)51)47(3,4)5)54-45(49)37-35-33-31-29-27-25-23-21-19-17-15-13-11-9-7-2/h8-19,21,23,42-43H,6-7,20,22,24-41H2,1-5H3/p+1/b10-8+,11-9+,14-12+,15-13+,18-16+,19-17+,23-21+. The van der Waals surface area contributed by atoms with Crippen LogP contribution in [0.25, 0.3) is 0 Å². The molecule has 8 nitrogen and oxygen atoms in total. The summed E-state index contributed by atoms with van der Waals surface area (Å²) in [5, 5.41) is 9.60. The van der Waals surface area contributed by atoms with E-state index in [2.05, 4.69) is 68.5 Å². The molecule has 0 heterocycles. The average molecular weight is 755 g/mol. The fourth-order valence-corrected chi connectivity index (χ4v) is 5.51. The Morgan fingerprint density at radius 2 is 0.981 bits per heavy atom. The first-order valence-electron chi connectivity index (χ1n) is 20.7. The molecule has 0 aromatic carbocycles. The quantitative estimate of drug-likeness (QED) is 0.0298. The highest BCUT2D eigenvalue weighted by molar-refractivity contribution is 5.72. The van der Waals surface area contributed by atoms with Gasteiger partial charge in [0.25, 0.3) is 0 Å². The Hall–Kier alpha value is -3.49. The van der Waals surface area contributed by atoms with Gasteiger partial charge in [0, 0.05) is 19.3 Å². The summed E-state index contributed by atoms with van der Waals surface area (Å²) in [4.78, 5) is 36.9. The molecule has 2 atom stereocenters. The van der Waals surface area contributed by atoms with Gasteiger partial charge in [0.05, 0.1) is 34.4 Å². The highest BCUT2D eigenvalue weighted by Gasteiger charge is 2.31. The van der Waals surface area contributed by atoms with Gasteiger partial charge in [-0.25, -0.2) is 4.79 Å². The number of unbranched alkanes of at least 4 members (excludes halogenated alkanes) is 12. The van der Waals surface area contributed by atoms with E-state index in [4.69, 9.17) is 14.2 Å². The van der Waals surface area contributed by atoms with Crippen LogP contribution in [0.2, 0.25) is 0 Å². The summed E-state index contributed by atoms with van der Waals surface area (Å²) >= 11 is 0. The maximum absolute atomic E-state index is 12.7. The van der Waals surface area contributed by atoms with Crippen LogP contribution < -0.4 is 0 Å². The summed E-state index contributed by atoms with van der Waals surface area (Å²) in [6.45, 7) is 4.40.